The number of carbonyl (C=O) groups excluding carboxylic acids is 1. The zero-order valence-electron chi connectivity index (χ0n) is 16.9. The van der Waals surface area contributed by atoms with Gasteiger partial charge in [0.2, 0.25) is 0 Å². The lowest BCUT2D eigenvalue weighted by atomic mass is 10.1. The molecular formula is C23H27N3O2. The monoisotopic (exact) mass is 377 g/mol. The minimum atomic E-state index is -0.0958. The summed E-state index contributed by atoms with van der Waals surface area (Å²) in [6, 6.07) is 13.6. The van der Waals surface area contributed by atoms with E-state index >= 15 is 0 Å². The van der Waals surface area contributed by atoms with E-state index in [1.807, 2.05) is 62.5 Å². The second-order valence-corrected chi connectivity index (χ2v) is 7.23. The molecule has 0 spiro atoms. The van der Waals surface area contributed by atoms with Crippen molar-refractivity contribution in [1.82, 2.24) is 14.9 Å². The maximum atomic E-state index is 12.5. The van der Waals surface area contributed by atoms with Crippen molar-refractivity contribution < 1.29 is 9.53 Å². The van der Waals surface area contributed by atoms with E-state index in [1.165, 1.54) is 11.1 Å². The number of imidazole rings is 1. The number of nitrogens with one attached hydrogen (secondary N) is 1. The van der Waals surface area contributed by atoms with Crippen molar-refractivity contribution in [2.45, 2.75) is 40.3 Å². The Morgan fingerprint density at radius 3 is 2.50 bits per heavy atom. The van der Waals surface area contributed by atoms with Gasteiger partial charge in [0.15, 0.2) is 0 Å². The van der Waals surface area contributed by atoms with Crippen LogP contribution in [-0.4, -0.2) is 28.1 Å². The average molecular weight is 377 g/mol. The van der Waals surface area contributed by atoms with Crippen LogP contribution in [0.25, 0.3) is 0 Å². The van der Waals surface area contributed by atoms with E-state index in [4.69, 9.17) is 4.74 Å². The van der Waals surface area contributed by atoms with Gasteiger partial charge in [0.1, 0.15) is 18.2 Å². The molecule has 5 nitrogen and oxygen atoms in total. The van der Waals surface area contributed by atoms with Crippen LogP contribution in [0.3, 0.4) is 0 Å². The van der Waals surface area contributed by atoms with Gasteiger partial charge in [-0.1, -0.05) is 18.2 Å². The number of carbonyl (C=O) groups is 1. The Bertz CT molecular complexity index is 945. The van der Waals surface area contributed by atoms with Gasteiger partial charge in [0.25, 0.3) is 5.91 Å². The Balaban J connectivity index is 1.52. The fourth-order valence-electron chi connectivity index (χ4n) is 2.90. The molecule has 28 heavy (non-hydrogen) atoms. The molecule has 1 heterocycles. The van der Waals surface area contributed by atoms with Crippen LogP contribution in [0.2, 0.25) is 0 Å². The molecule has 0 radical (unpaired) electrons. The molecule has 0 bridgehead atoms. The van der Waals surface area contributed by atoms with Crippen LogP contribution in [0.1, 0.15) is 39.8 Å². The van der Waals surface area contributed by atoms with Crippen LogP contribution in [-0.2, 0) is 6.54 Å². The minimum Gasteiger partial charge on any atom is -0.491 e. The molecule has 3 aromatic rings. The number of hydrogen-bond acceptors (Lipinski definition) is 3. The van der Waals surface area contributed by atoms with Gasteiger partial charge in [-0.2, -0.15) is 0 Å². The standard InChI is InChI=1S/C23H27N3O2/c1-16-5-10-22(13-17(16)2)28-15-18(3)25-23(27)21-8-6-20(7-9-21)14-26-12-11-24-19(26)4/h5-13,18H,14-15H2,1-4H3,(H,25,27)/t18-/m1/s1. The zero-order chi connectivity index (χ0) is 20.1. The largest absolute Gasteiger partial charge is 0.491 e. The lowest BCUT2D eigenvalue weighted by molar-refractivity contribution is 0.0926. The lowest BCUT2D eigenvalue weighted by Crippen LogP contribution is -2.36. The minimum absolute atomic E-state index is 0.0950. The Morgan fingerprint density at radius 1 is 1.11 bits per heavy atom. The maximum absolute atomic E-state index is 12.5. The van der Waals surface area contributed by atoms with Gasteiger partial charge >= 0.3 is 0 Å². The fourth-order valence-corrected chi connectivity index (χ4v) is 2.90. The predicted octanol–water partition coefficient (Wildman–Crippen LogP) is 4.05. The summed E-state index contributed by atoms with van der Waals surface area (Å²) in [6.07, 6.45) is 3.74. The Labute approximate surface area is 166 Å². The molecule has 1 N–H and O–H groups in total. The van der Waals surface area contributed by atoms with E-state index in [0.29, 0.717) is 12.2 Å². The zero-order valence-corrected chi connectivity index (χ0v) is 16.9. The molecule has 0 saturated heterocycles. The van der Waals surface area contributed by atoms with Gasteiger partial charge in [-0.25, -0.2) is 4.98 Å². The molecule has 5 heteroatoms. The number of benzene rings is 2. The van der Waals surface area contributed by atoms with E-state index in [9.17, 15) is 4.79 Å². The third-order valence-corrected chi connectivity index (χ3v) is 4.85. The molecule has 0 aliphatic rings. The van der Waals surface area contributed by atoms with Gasteiger partial charge in [0, 0.05) is 24.5 Å². The van der Waals surface area contributed by atoms with Crippen LogP contribution in [0, 0.1) is 20.8 Å². The third kappa shape index (κ3) is 5.00. The summed E-state index contributed by atoms with van der Waals surface area (Å²) in [5.41, 5.74) is 4.20. The quantitative estimate of drug-likeness (QED) is 0.676. The average Bonchev–Trinajstić information content (AvgIpc) is 3.08. The first-order valence-corrected chi connectivity index (χ1v) is 9.50. The number of amides is 1. The molecule has 0 saturated carbocycles. The first kappa shape index (κ1) is 19.7. The normalized spacial score (nSPS) is 11.9. The number of nitrogens with zero attached hydrogens (tertiary/aromatic N) is 2. The van der Waals surface area contributed by atoms with Gasteiger partial charge in [0.05, 0.1) is 6.04 Å². The summed E-state index contributed by atoms with van der Waals surface area (Å²) >= 11 is 0. The molecule has 0 unspecified atom stereocenters. The van der Waals surface area contributed by atoms with Crippen molar-refractivity contribution in [3.8, 4) is 5.75 Å². The summed E-state index contributed by atoms with van der Waals surface area (Å²) < 4.78 is 7.88. The van der Waals surface area contributed by atoms with E-state index < -0.39 is 0 Å². The molecule has 0 fully saturated rings. The molecular weight excluding hydrogens is 350 g/mol. The van der Waals surface area contributed by atoms with Crippen molar-refractivity contribution in [3.05, 3.63) is 82.9 Å². The van der Waals surface area contributed by atoms with Gasteiger partial charge in [-0.15, -0.1) is 0 Å². The summed E-state index contributed by atoms with van der Waals surface area (Å²) in [4.78, 5) is 16.7. The van der Waals surface area contributed by atoms with E-state index in [2.05, 4.69) is 28.7 Å². The first-order valence-electron chi connectivity index (χ1n) is 9.50. The second-order valence-electron chi connectivity index (χ2n) is 7.23. The van der Waals surface area contributed by atoms with Crippen LogP contribution < -0.4 is 10.1 Å². The summed E-state index contributed by atoms with van der Waals surface area (Å²) in [6.45, 7) is 9.22. The molecule has 146 valence electrons. The smallest absolute Gasteiger partial charge is 0.251 e. The predicted molar refractivity (Wildman–Crippen MR) is 111 cm³/mol. The number of hydrogen-bond donors (Lipinski definition) is 1. The van der Waals surface area contributed by atoms with E-state index in [1.54, 1.807) is 6.20 Å². The highest BCUT2D eigenvalue weighted by Gasteiger charge is 2.11. The summed E-state index contributed by atoms with van der Waals surface area (Å²) in [7, 11) is 0. The van der Waals surface area contributed by atoms with Crippen LogP contribution in [0.5, 0.6) is 5.75 Å². The number of aromatic nitrogens is 2. The number of rotatable bonds is 7. The van der Waals surface area contributed by atoms with E-state index in [-0.39, 0.29) is 11.9 Å². The fraction of sp³-hybridized carbons (Fsp3) is 0.304. The van der Waals surface area contributed by atoms with Gasteiger partial charge in [-0.05, 0) is 68.7 Å². The summed E-state index contributed by atoms with van der Waals surface area (Å²) in [5, 5.41) is 2.99. The third-order valence-electron chi connectivity index (χ3n) is 4.85. The van der Waals surface area contributed by atoms with Gasteiger partial charge < -0.3 is 14.6 Å². The molecule has 3 rings (SSSR count). The van der Waals surface area contributed by atoms with Crippen molar-refractivity contribution >= 4 is 5.91 Å². The molecule has 1 atom stereocenters. The Kier molecular flexibility index (Phi) is 6.14. The van der Waals surface area contributed by atoms with Gasteiger partial charge in [-0.3, -0.25) is 4.79 Å². The highest BCUT2D eigenvalue weighted by molar-refractivity contribution is 5.94. The van der Waals surface area contributed by atoms with Crippen molar-refractivity contribution in [3.63, 3.8) is 0 Å². The number of aryl methyl sites for hydroxylation is 3. The van der Waals surface area contributed by atoms with Crippen LogP contribution in [0.4, 0.5) is 0 Å². The van der Waals surface area contributed by atoms with Crippen LogP contribution >= 0.6 is 0 Å². The van der Waals surface area contributed by atoms with Crippen LogP contribution in [0.15, 0.2) is 54.9 Å². The van der Waals surface area contributed by atoms with E-state index in [0.717, 1.165) is 23.7 Å². The van der Waals surface area contributed by atoms with Crippen molar-refractivity contribution in [2.24, 2.45) is 0 Å². The lowest BCUT2D eigenvalue weighted by Gasteiger charge is -2.16. The molecule has 2 aromatic carbocycles. The Morgan fingerprint density at radius 2 is 1.86 bits per heavy atom. The molecule has 0 aliphatic carbocycles. The summed E-state index contributed by atoms with van der Waals surface area (Å²) in [5.74, 6) is 1.70. The molecule has 1 aromatic heterocycles. The molecule has 1 amide bonds. The second kappa shape index (κ2) is 8.74. The first-order chi connectivity index (χ1) is 13.4. The SMILES string of the molecule is Cc1ccc(OC[C@@H](C)NC(=O)c2ccc(Cn3ccnc3C)cc2)cc1C. The topological polar surface area (TPSA) is 56.1 Å². The van der Waals surface area contributed by atoms with Crippen molar-refractivity contribution in [1.29, 1.82) is 0 Å². The highest BCUT2D eigenvalue weighted by atomic mass is 16.5. The highest BCUT2D eigenvalue weighted by Crippen LogP contribution is 2.16. The molecule has 0 aliphatic heterocycles. The number of ether oxygens (including phenoxy) is 1. The Hall–Kier alpha value is -3.08. The van der Waals surface area contributed by atoms with Crippen molar-refractivity contribution in [2.75, 3.05) is 6.61 Å². The maximum Gasteiger partial charge on any atom is 0.251 e.